The summed E-state index contributed by atoms with van der Waals surface area (Å²) < 4.78 is 0. The normalized spacial score (nSPS) is 8.54. The lowest BCUT2D eigenvalue weighted by Gasteiger charge is -2.03. The van der Waals surface area contributed by atoms with Crippen LogP contribution in [0.15, 0.2) is 18.2 Å². The number of nitrogen functional groups attached to an aromatic ring is 1. The summed E-state index contributed by atoms with van der Waals surface area (Å²) >= 11 is 0. The third-order valence-electron chi connectivity index (χ3n) is 1.50. The molecule has 13 heavy (non-hydrogen) atoms. The Morgan fingerprint density at radius 2 is 1.92 bits per heavy atom. The third kappa shape index (κ3) is 3.32. The van der Waals surface area contributed by atoms with Gasteiger partial charge in [0.25, 0.3) is 0 Å². The summed E-state index contributed by atoms with van der Waals surface area (Å²) in [5.74, 6) is 0.0162. The van der Waals surface area contributed by atoms with Gasteiger partial charge in [-0.25, -0.2) is 0 Å². The van der Waals surface area contributed by atoms with E-state index in [0.717, 1.165) is 5.56 Å². The largest absolute Gasteiger partial charge is 0.384 e. The number of hydrogen-bond acceptors (Lipinski definition) is 1. The average Bonchev–Trinajstić information content (AvgIpc) is 2.07. The van der Waals surface area contributed by atoms with Gasteiger partial charge < -0.3 is 5.73 Å². The molecule has 3 heteroatoms. The maximum atomic E-state index is 7.14. The predicted molar refractivity (Wildman–Crippen MR) is 58.9 cm³/mol. The van der Waals surface area contributed by atoms with Crippen LogP contribution in [0.5, 0.6) is 0 Å². The van der Waals surface area contributed by atoms with Gasteiger partial charge in [0, 0.05) is 5.56 Å². The minimum absolute atomic E-state index is 0.0162. The molecule has 0 aliphatic carbocycles. The Kier molecular flexibility index (Phi) is 4.89. The van der Waals surface area contributed by atoms with Crippen LogP contribution in [0.1, 0.15) is 25.0 Å². The first-order valence-electron chi connectivity index (χ1n) is 4.32. The maximum Gasteiger partial charge on any atom is 0.122 e. The van der Waals surface area contributed by atoms with Gasteiger partial charge in [0.05, 0.1) is 0 Å². The van der Waals surface area contributed by atoms with Crippen molar-refractivity contribution < 1.29 is 0 Å². The molecular formula is C10H15BN2. The number of nitrogens with one attached hydrogen (secondary N) is 1. The van der Waals surface area contributed by atoms with Crippen molar-refractivity contribution in [2.75, 3.05) is 0 Å². The zero-order valence-corrected chi connectivity index (χ0v) is 8.39. The standard InChI is InChI=1S/C8H9BN2.C2H6/c1-5-2-3-6(8(10)11)7(9)4-5;1-2/h2-4H,1H3,(H3,10,11);1-2H3. The molecule has 68 valence electrons. The first-order chi connectivity index (χ1) is 6.11. The number of hydrogen-bond donors (Lipinski definition) is 2. The second-order valence-electron chi connectivity index (χ2n) is 2.50. The molecule has 1 aromatic carbocycles. The molecule has 0 aliphatic heterocycles. The lowest BCUT2D eigenvalue weighted by Crippen LogP contribution is -2.22. The van der Waals surface area contributed by atoms with E-state index in [1.54, 1.807) is 12.1 Å². The minimum Gasteiger partial charge on any atom is -0.384 e. The van der Waals surface area contributed by atoms with Crippen LogP contribution in [-0.2, 0) is 0 Å². The first-order valence-corrected chi connectivity index (χ1v) is 4.32. The molecule has 2 nitrogen and oxygen atoms in total. The highest BCUT2D eigenvalue weighted by Crippen LogP contribution is 1.97. The van der Waals surface area contributed by atoms with Crippen molar-refractivity contribution >= 4 is 19.1 Å². The van der Waals surface area contributed by atoms with Crippen LogP contribution in [0.3, 0.4) is 0 Å². The van der Waals surface area contributed by atoms with Crippen LogP contribution in [-0.4, -0.2) is 13.7 Å². The van der Waals surface area contributed by atoms with Gasteiger partial charge >= 0.3 is 0 Å². The number of benzene rings is 1. The van der Waals surface area contributed by atoms with Gasteiger partial charge in [0.1, 0.15) is 13.7 Å². The van der Waals surface area contributed by atoms with E-state index >= 15 is 0 Å². The smallest absolute Gasteiger partial charge is 0.122 e. The number of nitrogens with two attached hydrogens (primary N) is 1. The highest BCUT2D eigenvalue weighted by Gasteiger charge is 1.98. The zero-order valence-electron chi connectivity index (χ0n) is 8.39. The van der Waals surface area contributed by atoms with E-state index in [4.69, 9.17) is 19.0 Å². The molecule has 0 aliphatic rings. The Labute approximate surface area is 81.1 Å². The average molecular weight is 174 g/mol. The monoisotopic (exact) mass is 174 g/mol. The second-order valence-corrected chi connectivity index (χ2v) is 2.50. The fraction of sp³-hybridized carbons (Fsp3) is 0.300. The molecule has 0 unspecified atom stereocenters. The summed E-state index contributed by atoms with van der Waals surface area (Å²) in [7, 11) is 5.60. The summed E-state index contributed by atoms with van der Waals surface area (Å²) in [6.45, 7) is 5.94. The minimum atomic E-state index is 0.0162. The Hall–Kier alpha value is -1.25. The molecule has 0 spiro atoms. The zero-order chi connectivity index (χ0) is 10.4. The summed E-state index contributed by atoms with van der Waals surface area (Å²) in [5.41, 5.74) is 7.52. The predicted octanol–water partition coefficient (Wildman–Crippen LogP) is 1.10. The molecule has 0 saturated carbocycles. The molecule has 1 aromatic rings. The highest BCUT2D eigenvalue weighted by atomic mass is 14.7. The fourth-order valence-electron chi connectivity index (χ4n) is 0.927. The van der Waals surface area contributed by atoms with E-state index in [-0.39, 0.29) is 5.84 Å². The van der Waals surface area contributed by atoms with Crippen molar-refractivity contribution in [1.82, 2.24) is 0 Å². The molecular weight excluding hydrogens is 159 g/mol. The summed E-state index contributed by atoms with van der Waals surface area (Å²) in [6.07, 6.45) is 0. The van der Waals surface area contributed by atoms with Gasteiger partial charge in [-0.2, -0.15) is 0 Å². The second kappa shape index (κ2) is 5.41. The van der Waals surface area contributed by atoms with Crippen LogP contribution in [0.4, 0.5) is 0 Å². The van der Waals surface area contributed by atoms with Crippen LogP contribution in [0.25, 0.3) is 0 Å². The molecule has 0 bridgehead atoms. The number of amidine groups is 1. The van der Waals surface area contributed by atoms with E-state index < -0.39 is 0 Å². The van der Waals surface area contributed by atoms with E-state index in [1.165, 1.54) is 0 Å². The Morgan fingerprint density at radius 1 is 1.38 bits per heavy atom. The van der Waals surface area contributed by atoms with Crippen molar-refractivity contribution in [3.63, 3.8) is 0 Å². The molecule has 0 fully saturated rings. The molecule has 0 heterocycles. The summed E-state index contributed by atoms with van der Waals surface area (Å²) in [5, 5.41) is 7.14. The van der Waals surface area contributed by atoms with Crippen molar-refractivity contribution in [3.05, 3.63) is 29.3 Å². The molecule has 0 amide bonds. The number of rotatable bonds is 1. The van der Waals surface area contributed by atoms with Gasteiger partial charge in [-0.1, -0.05) is 43.1 Å². The molecule has 3 N–H and O–H groups in total. The van der Waals surface area contributed by atoms with Gasteiger partial charge in [-0.3, -0.25) is 5.41 Å². The van der Waals surface area contributed by atoms with Gasteiger partial charge in [-0.15, -0.1) is 0 Å². The molecule has 0 atom stereocenters. The summed E-state index contributed by atoms with van der Waals surface area (Å²) in [6, 6.07) is 5.44. The first kappa shape index (κ1) is 11.8. The van der Waals surface area contributed by atoms with Crippen LogP contribution < -0.4 is 11.2 Å². The Balaban J connectivity index is 0.000000671. The summed E-state index contributed by atoms with van der Waals surface area (Å²) in [4.78, 5) is 0. The molecule has 1 rings (SSSR count). The third-order valence-corrected chi connectivity index (χ3v) is 1.50. The van der Waals surface area contributed by atoms with Crippen molar-refractivity contribution in [3.8, 4) is 0 Å². The maximum absolute atomic E-state index is 7.14. The highest BCUT2D eigenvalue weighted by molar-refractivity contribution is 6.36. The van der Waals surface area contributed by atoms with Crippen molar-refractivity contribution in [2.24, 2.45) is 5.73 Å². The molecule has 2 radical (unpaired) electrons. The van der Waals surface area contributed by atoms with E-state index in [1.807, 2.05) is 26.8 Å². The van der Waals surface area contributed by atoms with E-state index in [9.17, 15) is 0 Å². The van der Waals surface area contributed by atoms with Crippen molar-refractivity contribution in [2.45, 2.75) is 20.8 Å². The lowest BCUT2D eigenvalue weighted by molar-refractivity contribution is 1.42. The van der Waals surface area contributed by atoms with Crippen molar-refractivity contribution in [1.29, 1.82) is 5.41 Å². The van der Waals surface area contributed by atoms with Crippen LogP contribution >= 0.6 is 0 Å². The van der Waals surface area contributed by atoms with Gasteiger partial charge in [0.15, 0.2) is 0 Å². The van der Waals surface area contributed by atoms with Crippen LogP contribution in [0.2, 0.25) is 0 Å². The topological polar surface area (TPSA) is 49.9 Å². The van der Waals surface area contributed by atoms with E-state index in [0.29, 0.717) is 11.0 Å². The van der Waals surface area contributed by atoms with E-state index in [2.05, 4.69) is 0 Å². The SMILES string of the molecule is CC.[B]c1cc(C)ccc1C(=N)N. The molecule has 0 saturated heterocycles. The van der Waals surface area contributed by atoms with Gasteiger partial charge in [-0.05, 0) is 6.92 Å². The van der Waals surface area contributed by atoms with Gasteiger partial charge in [0.2, 0.25) is 0 Å². The Morgan fingerprint density at radius 3 is 2.31 bits per heavy atom. The lowest BCUT2D eigenvalue weighted by atomic mass is 9.89. The Bertz CT molecular complexity index is 295. The van der Waals surface area contributed by atoms with Crippen LogP contribution in [0, 0.1) is 12.3 Å². The fourth-order valence-corrected chi connectivity index (χ4v) is 0.927. The molecule has 0 aromatic heterocycles. The number of aryl methyl sites for hydroxylation is 1. The quantitative estimate of drug-likeness (QED) is 0.373.